The lowest BCUT2D eigenvalue weighted by molar-refractivity contribution is -0.153. The SMILES string of the molecule is CCCCCCCCCCCCCCCCCC(=O)OC(C)[C@H](N)C(=O)O. The summed E-state index contributed by atoms with van der Waals surface area (Å²) in [6.45, 7) is 3.78. The Morgan fingerprint density at radius 2 is 1.15 bits per heavy atom. The number of nitrogens with two attached hydrogens (primary N) is 1. The first-order valence-electron chi connectivity index (χ1n) is 11.2. The minimum absolute atomic E-state index is 0.342. The largest absolute Gasteiger partial charge is 0.480 e. The average Bonchev–Trinajstić information content (AvgIpc) is 2.64. The maximum absolute atomic E-state index is 11.6. The van der Waals surface area contributed by atoms with Crippen LogP contribution in [0.25, 0.3) is 0 Å². The molecule has 0 aromatic heterocycles. The van der Waals surface area contributed by atoms with Crippen LogP contribution in [-0.2, 0) is 14.3 Å². The molecule has 0 amide bonds. The van der Waals surface area contributed by atoms with Gasteiger partial charge in [-0.2, -0.15) is 0 Å². The summed E-state index contributed by atoms with van der Waals surface area (Å²) in [4.78, 5) is 22.4. The Bertz CT molecular complexity index is 373. The Hall–Kier alpha value is -1.10. The molecule has 1 unspecified atom stereocenters. The average molecular weight is 386 g/mol. The van der Waals surface area contributed by atoms with Crippen molar-refractivity contribution in [3.63, 3.8) is 0 Å². The van der Waals surface area contributed by atoms with Crippen molar-refractivity contribution in [2.24, 2.45) is 5.73 Å². The molecule has 0 bridgehead atoms. The third-order valence-corrected chi connectivity index (χ3v) is 5.09. The molecule has 0 aromatic rings. The van der Waals surface area contributed by atoms with Gasteiger partial charge in [0, 0.05) is 6.42 Å². The van der Waals surface area contributed by atoms with E-state index in [2.05, 4.69) is 6.92 Å². The maximum Gasteiger partial charge on any atom is 0.324 e. The minimum atomic E-state index is -1.16. The standard InChI is InChI=1S/C22H43NO4/c1-3-4-5-6-7-8-9-10-11-12-13-14-15-16-17-18-20(24)27-19(2)21(23)22(25)26/h19,21H,3-18,23H2,1-2H3,(H,25,26)/t19?,21-/m0/s1. The number of carboxylic acid groups (broad SMARTS) is 1. The Kier molecular flexibility index (Phi) is 17.5. The summed E-state index contributed by atoms with van der Waals surface area (Å²) < 4.78 is 5.05. The second-order valence-electron chi connectivity index (χ2n) is 7.76. The first kappa shape index (κ1) is 25.9. The molecule has 0 aliphatic carbocycles. The van der Waals surface area contributed by atoms with Crippen LogP contribution >= 0.6 is 0 Å². The molecule has 0 radical (unpaired) electrons. The van der Waals surface area contributed by atoms with Crippen LogP contribution < -0.4 is 5.73 Å². The molecule has 160 valence electrons. The van der Waals surface area contributed by atoms with Gasteiger partial charge in [-0.25, -0.2) is 0 Å². The third kappa shape index (κ3) is 16.8. The summed E-state index contributed by atoms with van der Waals surface area (Å²) >= 11 is 0. The predicted molar refractivity (Wildman–Crippen MR) is 111 cm³/mol. The van der Waals surface area contributed by atoms with Crippen LogP contribution in [-0.4, -0.2) is 29.2 Å². The lowest BCUT2D eigenvalue weighted by Crippen LogP contribution is -2.42. The van der Waals surface area contributed by atoms with Crippen molar-refractivity contribution < 1.29 is 19.4 Å². The molecular weight excluding hydrogens is 342 g/mol. The number of rotatable bonds is 19. The summed E-state index contributed by atoms with van der Waals surface area (Å²) in [6.07, 6.45) is 18.8. The monoisotopic (exact) mass is 385 g/mol. The third-order valence-electron chi connectivity index (χ3n) is 5.09. The topological polar surface area (TPSA) is 89.6 Å². The molecule has 0 aromatic carbocycles. The second kappa shape index (κ2) is 18.3. The van der Waals surface area contributed by atoms with E-state index >= 15 is 0 Å². The van der Waals surface area contributed by atoms with Gasteiger partial charge in [-0.15, -0.1) is 0 Å². The summed E-state index contributed by atoms with van der Waals surface area (Å²) in [7, 11) is 0. The van der Waals surface area contributed by atoms with Crippen molar-refractivity contribution in [2.75, 3.05) is 0 Å². The van der Waals surface area contributed by atoms with Crippen molar-refractivity contribution in [1.29, 1.82) is 0 Å². The minimum Gasteiger partial charge on any atom is -0.480 e. The number of hydrogen-bond donors (Lipinski definition) is 2. The van der Waals surface area contributed by atoms with Gasteiger partial charge in [-0.3, -0.25) is 9.59 Å². The quantitative estimate of drug-likeness (QED) is 0.223. The number of carboxylic acids is 1. The van der Waals surface area contributed by atoms with Gasteiger partial charge in [0.05, 0.1) is 0 Å². The number of carbonyl (C=O) groups excluding carboxylic acids is 1. The van der Waals surface area contributed by atoms with Gasteiger partial charge < -0.3 is 15.6 Å². The molecule has 5 nitrogen and oxygen atoms in total. The highest BCUT2D eigenvalue weighted by atomic mass is 16.5. The van der Waals surface area contributed by atoms with Crippen LogP contribution in [0.15, 0.2) is 0 Å². The second-order valence-corrected chi connectivity index (χ2v) is 7.76. The zero-order chi connectivity index (χ0) is 20.3. The fourth-order valence-corrected chi connectivity index (χ4v) is 3.18. The van der Waals surface area contributed by atoms with E-state index in [1.807, 2.05) is 0 Å². The van der Waals surface area contributed by atoms with E-state index in [0.717, 1.165) is 19.3 Å². The van der Waals surface area contributed by atoms with Crippen molar-refractivity contribution in [3.05, 3.63) is 0 Å². The smallest absolute Gasteiger partial charge is 0.324 e. The highest BCUT2D eigenvalue weighted by Crippen LogP contribution is 2.14. The maximum atomic E-state index is 11.6. The Morgan fingerprint density at radius 3 is 1.52 bits per heavy atom. The van der Waals surface area contributed by atoms with Crippen molar-refractivity contribution in [1.82, 2.24) is 0 Å². The number of esters is 1. The molecule has 0 saturated heterocycles. The van der Waals surface area contributed by atoms with Gasteiger partial charge in [0.25, 0.3) is 0 Å². The normalized spacial score (nSPS) is 13.3. The molecular formula is C22H43NO4. The number of carbonyl (C=O) groups is 2. The summed E-state index contributed by atoms with van der Waals surface area (Å²) in [6, 6.07) is -1.16. The predicted octanol–water partition coefficient (Wildman–Crippen LogP) is 5.59. The summed E-state index contributed by atoms with van der Waals surface area (Å²) in [5.74, 6) is -1.50. The van der Waals surface area contributed by atoms with Crippen molar-refractivity contribution in [3.8, 4) is 0 Å². The Labute approximate surface area is 166 Å². The van der Waals surface area contributed by atoms with E-state index in [4.69, 9.17) is 15.6 Å². The van der Waals surface area contributed by atoms with Gasteiger partial charge in [0.15, 0.2) is 0 Å². The van der Waals surface area contributed by atoms with Gasteiger partial charge >= 0.3 is 11.9 Å². The molecule has 0 spiro atoms. The van der Waals surface area contributed by atoms with Crippen molar-refractivity contribution in [2.45, 2.75) is 129 Å². The van der Waals surface area contributed by atoms with Crippen LogP contribution in [0.5, 0.6) is 0 Å². The van der Waals surface area contributed by atoms with E-state index in [9.17, 15) is 9.59 Å². The highest BCUT2D eigenvalue weighted by Gasteiger charge is 2.23. The van der Waals surface area contributed by atoms with E-state index in [0.29, 0.717) is 6.42 Å². The first-order chi connectivity index (χ1) is 13.0. The van der Waals surface area contributed by atoms with Crippen LogP contribution in [0.1, 0.15) is 117 Å². The number of hydrogen-bond acceptors (Lipinski definition) is 4. The molecule has 0 rings (SSSR count). The molecule has 0 heterocycles. The zero-order valence-electron chi connectivity index (χ0n) is 17.7. The lowest BCUT2D eigenvalue weighted by Gasteiger charge is -2.16. The van der Waals surface area contributed by atoms with E-state index in [1.54, 1.807) is 0 Å². The van der Waals surface area contributed by atoms with Crippen LogP contribution in [0.3, 0.4) is 0 Å². The molecule has 0 aliphatic rings. The molecule has 0 saturated carbocycles. The number of aliphatic carboxylic acids is 1. The van der Waals surface area contributed by atoms with Gasteiger partial charge in [0.2, 0.25) is 0 Å². The van der Waals surface area contributed by atoms with Gasteiger partial charge in [-0.05, 0) is 13.3 Å². The Morgan fingerprint density at radius 1 is 0.778 bits per heavy atom. The van der Waals surface area contributed by atoms with Gasteiger partial charge in [-0.1, -0.05) is 96.8 Å². The fourth-order valence-electron chi connectivity index (χ4n) is 3.18. The molecule has 3 N–H and O–H groups in total. The fraction of sp³-hybridized carbons (Fsp3) is 0.909. The van der Waals surface area contributed by atoms with Crippen LogP contribution in [0.2, 0.25) is 0 Å². The van der Waals surface area contributed by atoms with E-state index in [1.165, 1.54) is 84.0 Å². The molecule has 27 heavy (non-hydrogen) atoms. The van der Waals surface area contributed by atoms with Crippen molar-refractivity contribution >= 4 is 11.9 Å². The summed E-state index contributed by atoms with van der Waals surface area (Å²) in [5.41, 5.74) is 5.42. The molecule has 2 atom stereocenters. The zero-order valence-corrected chi connectivity index (χ0v) is 17.7. The van der Waals surface area contributed by atoms with E-state index in [-0.39, 0.29) is 5.97 Å². The first-order valence-corrected chi connectivity index (χ1v) is 11.2. The van der Waals surface area contributed by atoms with Crippen LogP contribution in [0.4, 0.5) is 0 Å². The number of ether oxygens (including phenoxy) is 1. The van der Waals surface area contributed by atoms with Gasteiger partial charge in [0.1, 0.15) is 12.1 Å². The van der Waals surface area contributed by atoms with Crippen LogP contribution in [0, 0.1) is 0 Å². The number of unbranched alkanes of at least 4 members (excludes halogenated alkanes) is 14. The van der Waals surface area contributed by atoms with E-state index < -0.39 is 18.1 Å². The summed E-state index contributed by atoms with van der Waals surface area (Å²) in [5, 5.41) is 8.77. The Balaban J connectivity index is 3.31. The lowest BCUT2D eigenvalue weighted by atomic mass is 10.0. The molecule has 0 fully saturated rings. The molecule has 0 aliphatic heterocycles. The molecule has 5 heteroatoms. The highest BCUT2D eigenvalue weighted by molar-refractivity contribution is 5.75.